The summed E-state index contributed by atoms with van der Waals surface area (Å²) < 4.78 is 5.28. The highest BCUT2D eigenvalue weighted by Crippen LogP contribution is 2.29. The molecule has 1 rings (SSSR count). The fourth-order valence-corrected chi connectivity index (χ4v) is 1.62. The van der Waals surface area contributed by atoms with E-state index in [4.69, 9.17) is 10.5 Å². The minimum Gasteiger partial charge on any atom is -0.496 e. The largest absolute Gasteiger partial charge is 0.496 e. The predicted molar refractivity (Wildman–Crippen MR) is 72.0 cm³/mol. The Bertz CT molecular complexity index is 394. The van der Waals surface area contributed by atoms with Gasteiger partial charge in [0.15, 0.2) is 0 Å². The third kappa shape index (κ3) is 3.91. The predicted octanol–water partition coefficient (Wildman–Crippen LogP) is 2.02. The molecule has 0 bridgehead atoms. The lowest BCUT2D eigenvalue weighted by atomic mass is 10.1. The van der Waals surface area contributed by atoms with Gasteiger partial charge in [-0.15, -0.1) is 12.4 Å². The van der Waals surface area contributed by atoms with Crippen molar-refractivity contribution in [3.63, 3.8) is 0 Å². The molecule has 1 aromatic rings. The Labute approximate surface area is 108 Å². The van der Waals surface area contributed by atoms with Crippen molar-refractivity contribution in [3.8, 4) is 5.75 Å². The number of nitrogens with one attached hydrogen (secondary N) is 1. The second-order valence-corrected chi connectivity index (χ2v) is 3.68. The zero-order valence-electron chi connectivity index (χ0n) is 10.4. The van der Waals surface area contributed by atoms with Crippen molar-refractivity contribution in [1.82, 2.24) is 0 Å². The van der Waals surface area contributed by atoms with Crippen molar-refractivity contribution in [2.24, 2.45) is 5.73 Å². The van der Waals surface area contributed by atoms with E-state index in [-0.39, 0.29) is 18.3 Å². The third-order valence-corrected chi connectivity index (χ3v) is 2.45. The number of carbonyl (C=O) groups excluding carboxylic acids is 1. The maximum atomic E-state index is 11.4. The first kappa shape index (κ1) is 15.7. The summed E-state index contributed by atoms with van der Waals surface area (Å²) in [5.41, 5.74) is 8.08. The zero-order valence-corrected chi connectivity index (χ0v) is 11.2. The molecular weight excluding hydrogens is 240 g/mol. The Morgan fingerprint density at radius 3 is 2.59 bits per heavy atom. The summed E-state index contributed by atoms with van der Waals surface area (Å²) in [6, 6.07) is 3.80. The standard InChI is InChI=1S/C12H18N2O2.ClH/c1-8-4-5-10(9(2)12(8)16-3)14-11(15)6-7-13;/h4-5H,6-7,13H2,1-3H3,(H,14,15);1H. The highest BCUT2D eigenvalue weighted by molar-refractivity contribution is 5.92. The first-order chi connectivity index (χ1) is 7.60. The molecule has 17 heavy (non-hydrogen) atoms. The second kappa shape index (κ2) is 7.14. The van der Waals surface area contributed by atoms with Gasteiger partial charge in [-0.3, -0.25) is 4.79 Å². The zero-order chi connectivity index (χ0) is 12.1. The fraction of sp³-hybridized carbons (Fsp3) is 0.417. The number of hydrogen-bond acceptors (Lipinski definition) is 3. The number of halogens is 1. The minimum atomic E-state index is -0.0727. The summed E-state index contributed by atoms with van der Waals surface area (Å²) in [7, 11) is 1.63. The number of aryl methyl sites for hydroxylation is 1. The Hall–Kier alpha value is -1.26. The van der Waals surface area contributed by atoms with Crippen LogP contribution in [-0.4, -0.2) is 19.6 Å². The van der Waals surface area contributed by atoms with Crippen LogP contribution in [0.5, 0.6) is 5.75 Å². The van der Waals surface area contributed by atoms with Gasteiger partial charge in [-0.25, -0.2) is 0 Å². The molecule has 0 saturated carbocycles. The van der Waals surface area contributed by atoms with Crippen LogP contribution in [0.1, 0.15) is 17.5 Å². The molecule has 0 aromatic heterocycles. The summed E-state index contributed by atoms with van der Waals surface area (Å²) >= 11 is 0. The van der Waals surface area contributed by atoms with E-state index in [1.807, 2.05) is 26.0 Å². The Kier molecular flexibility index (Phi) is 6.61. The number of methoxy groups -OCH3 is 1. The van der Waals surface area contributed by atoms with Crippen molar-refractivity contribution in [3.05, 3.63) is 23.3 Å². The second-order valence-electron chi connectivity index (χ2n) is 3.68. The average Bonchev–Trinajstić information content (AvgIpc) is 2.23. The van der Waals surface area contributed by atoms with Crippen LogP contribution in [0.15, 0.2) is 12.1 Å². The van der Waals surface area contributed by atoms with E-state index in [0.29, 0.717) is 13.0 Å². The summed E-state index contributed by atoms with van der Waals surface area (Å²) in [5, 5.41) is 2.81. The molecule has 4 nitrogen and oxygen atoms in total. The van der Waals surface area contributed by atoms with E-state index < -0.39 is 0 Å². The Balaban J connectivity index is 0.00000256. The molecule has 0 aliphatic carbocycles. The quantitative estimate of drug-likeness (QED) is 0.869. The SMILES string of the molecule is COc1c(C)ccc(NC(=O)CCN)c1C.Cl. The van der Waals surface area contributed by atoms with Gasteiger partial charge in [-0.2, -0.15) is 0 Å². The van der Waals surface area contributed by atoms with Crippen LogP contribution < -0.4 is 15.8 Å². The van der Waals surface area contributed by atoms with Crippen molar-refractivity contribution >= 4 is 24.0 Å². The van der Waals surface area contributed by atoms with E-state index >= 15 is 0 Å². The van der Waals surface area contributed by atoms with Gasteiger partial charge >= 0.3 is 0 Å². The van der Waals surface area contributed by atoms with Crippen LogP contribution in [-0.2, 0) is 4.79 Å². The number of amides is 1. The number of rotatable bonds is 4. The highest BCUT2D eigenvalue weighted by atomic mass is 35.5. The summed E-state index contributed by atoms with van der Waals surface area (Å²) in [4.78, 5) is 11.4. The van der Waals surface area contributed by atoms with Gasteiger partial charge in [0.2, 0.25) is 5.91 Å². The lowest BCUT2D eigenvalue weighted by Crippen LogP contribution is -2.17. The van der Waals surface area contributed by atoms with Crippen LogP contribution in [0.25, 0.3) is 0 Å². The summed E-state index contributed by atoms with van der Waals surface area (Å²) in [6.45, 7) is 4.25. The number of ether oxygens (including phenoxy) is 1. The molecule has 0 aliphatic heterocycles. The van der Waals surface area contributed by atoms with Crippen molar-refractivity contribution in [2.75, 3.05) is 19.0 Å². The molecule has 96 valence electrons. The molecule has 0 saturated heterocycles. The van der Waals surface area contributed by atoms with Crippen LogP contribution in [0, 0.1) is 13.8 Å². The molecular formula is C12H19ClN2O2. The average molecular weight is 259 g/mol. The number of hydrogen-bond donors (Lipinski definition) is 2. The van der Waals surface area contributed by atoms with E-state index in [1.165, 1.54) is 0 Å². The summed E-state index contributed by atoms with van der Waals surface area (Å²) in [5.74, 6) is 0.738. The third-order valence-electron chi connectivity index (χ3n) is 2.45. The topological polar surface area (TPSA) is 64.3 Å². The van der Waals surface area contributed by atoms with Crippen molar-refractivity contribution < 1.29 is 9.53 Å². The highest BCUT2D eigenvalue weighted by Gasteiger charge is 2.09. The van der Waals surface area contributed by atoms with Gasteiger partial charge < -0.3 is 15.8 Å². The molecule has 0 unspecified atom stereocenters. The smallest absolute Gasteiger partial charge is 0.225 e. The first-order valence-electron chi connectivity index (χ1n) is 5.24. The molecule has 1 aromatic carbocycles. The van der Waals surface area contributed by atoms with E-state index in [0.717, 1.165) is 22.6 Å². The van der Waals surface area contributed by atoms with Gasteiger partial charge in [0.25, 0.3) is 0 Å². The van der Waals surface area contributed by atoms with Gasteiger partial charge in [0.1, 0.15) is 5.75 Å². The van der Waals surface area contributed by atoms with Gasteiger partial charge in [-0.1, -0.05) is 6.07 Å². The van der Waals surface area contributed by atoms with Crippen LogP contribution >= 0.6 is 12.4 Å². The maximum Gasteiger partial charge on any atom is 0.225 e. The molecule has 0 heterocycles. The molecule has 3 N–H and O–H groups in total. The molecule has 0 radical (unpaired) electrons. The molecule has 0 aliphatic rings. The summed E-state index contributed by atoms with van der Waals surface area (Å²) in [6.07, 6.45) is 0.329. The normalized spacial score (nSPS) is 9.41. The molecule has 1 amide bonds. The van der Waals surface area contributed by atoms with Gasteiger partial charge in [-0.05, 0) is 25.5 Å². The molecule has 0 atom stereocenters. The number of benzene rings is 1. The first-order valence-corrected chi connectivity index (χ1v) is 5.24. The van der Waals surface area contributed by atoms with Crippen molar-refractivity contribution in [2.45, 2.75) is 20.3 Å². The molecule has 0 spiro atoms. The number of carbonyl (C=O) groups is 1. The minimum absolute atomic E-state index is 0. The van der Waals surface area contributed by atoms with Gasteiger partial charge in [0.05, 0.1) is 7.11 Å². The van der Waals surface area contributed by atoms with Crippen LogP contribution in [0.2, 0.25) is 0 Å². The lowest BCUT2D eigenvalue weighted by Gasteiger charge is -2.13. The number of nitrogens with two attached hydrogens (primary N) is 1. The Morgan fingerprint density at radius 1 is 1.41 bits per heavy atom. The number of anilines is 1. The van der Waals surface area contributed by atoms with Crippen LogP contribution in [0.3, 0.4) is 0 Å². The van der Waals surface area contributed by atoms with E-state index in [1.54, 1.807) is 7.11 Å². The van der Waals surface area contributed by atoms with Crippen molar-refractivity contribution in [1.29, 1.82) is 0 Å². The van der Waals surface area contributed by atoms with E-state index in [2.05, 4.69) is 5.32 Å². The maximum absolute atomic E-state index is 11.4. The molecule has 5 heteroatoms. The van der Waals surface area contributed by atoms with E-state index in [9.17, 15) is 4.79 Å². The monoisotopic (exact) mass is 258 g/mol. The van der Waals surface area contributed by atoms with Crippen LogP contribution in [0.4, 0.5) is 5.69 Å². The Morgan fingerprint density at radius 2 is 2.06 bits per heavy atom. The van der Waals surface area contributed by atoms with Gasteiger partial charge in [0, 0.05) is 24.2 Å². The fourth-order valence-electron chi connectivity index (χ4n) is 1.62. The molecule has 0 fully saturated rings. The lowest BCUT2D eigenvalue weighted by molar-refractivity contribution is -0.116.